The smallest absolute Gasteiger partial charge is 0.303 e. The maximum atomic E-state index is 12.7. The van der Waals surface area contributed by atoms with Gasteiger partial charge < -0.3 is 4.90 Å². The molecule has 0 saturated heterocycles. The third kappa shape index (κ3) is 4.31. The molecule has 0 N–H and O–H groups in total. The highest BCUT2D eigenvalue weighted by Crippen LogP contribution is 2.31. The first-order valence-electron chi connectivity index (χ1n) is 6.16. The maximum Gasteiger partial charge on any atom is 0.417 e. The summed E-state index contributed by atoms with van der Waals surface area (Å²) in [5.41, 5.74) is -1.26. The van der Waals surface area contributed by atoms with Crippen LogP contribution in [-0.4, -0.2) is 35.3 Å². The number of rotatable bonds is 6. The Kier molecular flexibility index (Phi) is 5.47. The van der Waals surface area contributed by atoms with Crippen molar-refractivity contribution >= 4 is 5.78 Å². The third-order valence-corrected chi connectivity index (χ3v) is 2.98. The van der Waals surface area contributed by atoms with Crippen LogP contribution in [0.1, 0.15) is 36.2 Å². The molecule has 0 aromatic carbocycles. The van der Waals surface area contributed by atoms with E-state index in [1.54, 1.807) is 0 Å². The van der Waals surface area contributed by atoms with Crippen molar-refractivity contribution in [1.82, 2.24) is 9.88 Å². The minimum atomic E-state index is -4.52. The highest BCUT2D eigenvalue weighted by molar-refractivity contribution is 5.97. The van der Waals surface area contributed by atoms with Gasteiger partial charge in [0.25, 0.3) is 0 Å². The van der Waals surface area contributed by atoms with E-state index in [4.69, 9.17) is 0 Å². The van der Waals surface area contributed by atoms with E-state index in [0.29, 0.717) is 6.54 Å². The van der Waals surface area contributed by atoms with Gasteiger partial charge in [0.05, 0.1) is 5.56 Å². The third-order valence-electron chi connectivity index (χ3n) is 2.98. The number of pyridine rings is 1. The summed E-state index contributed by atoms with van der Waals surface area (Å²) in [6.07, 6.45) is -2.42. The van der Waals surface area contributed by atoms with Crippen molar-refractivity contribution in [3.05, 3.63) is 29.6 Å². The van der Waals surface area contributed by atoms with Gasteiger partial charge in [0, 0.05) is 30.9 Å². The van der Waals surface area contributed by atoms with E-state index < -0.39 is 17.5 Å². The van der Waals surface area contributed by atoms with Crippen LogP contribution in [0.3, 0.4) is 0 Å². The molecule has 1 heterocycles. The maximum absolute atomic E-state index is 12.7. The molecule has 106 valence electrons. The lowest BCUT2D eigenvalue weighted by Gasteiger charge is -2.17. The minimum Gasteiger partial charge on any atom is -0.303 e. The zero-order chi connectivity index (χ0) is 14.5. The number of hydrogen-bond donors (Lipinski definition) is 0. The fraction of sp³-hybridized carbons (Fsp3) is 0.538. The van der Waals surface area contributed by atoms with Gasteiger partial charge in [-0.2, -0.15) is 13.2 Å². The van der Waals surface area contributed by atoms with Crippen LogP contribution in [0, 0.1) is 0 Å². The van der Waals surface area contributed by atoms with Crippen molar-refractivity contribution in [1.29, 1.82) is 0 Å². The Bertz CT molecular complexity index is 428. The molecular weight excluding hydrogens is 257 g/mol. The van der Waals surface area contributed by atoms with E-state index in [1.807, 2.05) is 18.7 Å². The average Bonchev–Trinajstić information content (AvgIpc) is 2.38. The van der Waals surface area contributed by atoms with E-state index in [-0.39, 0.29) is 12.0 Å². The number of halogens is 3. The SMILES string of the molecule is CCN(CC)CCC(=O)c1cnccc1C(F)(F)F. The van der Waals surface area contributed by atoms with Gasteiger partial charge in [0.2, 0.25) is 0 Å². The molecule has 6 heteroatoms. The van der Waals surface area contributed by atoms with Gasteiger partial charge in [0.15, 0.2) is 5.78 Å². The van der Waals surface area contributed by atoms with Crippen LogP contribution in [-0.2, 0) is 6.18 Å². The molecule has 3 nitrogen and oxygen atoms in total. The van der Waals surface area contributed by atoms with Gasteiger partial charge in [0.1, 0.15) is 0 Å². The van der Waals surface area contributed by atoms with E-state index in [2.05, 4.69) is 4.98 Å². The Morgan fingerprint density at radius 2 is 1.95 bits per heavy atom. The number of nitrogens with zero attached hydrogens (tertiary/aromatic N) is 2. The van der Waals surface area contributed by atoms with E-state index in [0.717, 1.165) is 31.5 Å². The zero-order valence-corrected chi connectivity index (χ0v) is 11.0. The van der Waals surface area contributed by atoms with Crippen LogP contribution in [0.4, 0.5) is 13.2 Å². The fourth-order valence-electron chi connectivity index (χ4n) is 1.80. The summed E-state index contributed by atoms with van der Waals surface area (Å²) in [7, 11) is 0. The highest BCUT2D eigenvalue weighted by Gasteiger charge is 2.34. The second kappa shape index (κ2) is 6.65. The molecule has 0 spiro atoms. The second-order valence-electron chi connectivity index (χ2n) is 4.12. The summed E-state index contributed by atoms with van der Waals surface area (Å²) >= 11 is 0. The quantitative estimate of drug-likeness (QED) is 0.748. The monoisotopic (exact) mass is 274 g/mol. The first kappa shape index (κ1) is 15.6. The summed E-state index contributed by atoms with van der Waals surface area (Å²) in [5.74, 6) is -0.521. The van der Waals surface area contributed by atoms with Crippen molar-refractivity contribution in [3.63, 3.8) is 0 Å². The molecule has 0 amide bonds. The number of alkyl halides is 3. The number of Topliss-reactive ketones (excluding diaryl/α,β-unsaturated/α-hetero) is 1. The minimum absolute atomic E-state index is 0.0659. The van der Waals surface area contributed by atoms with Crippen molar-refractivity contribution < 1.29 is 18.0 Å². The summed E-state index contributed by atoms with van der Waals surface area (Å²) in [4.78, 5) is 17.5. The highest BCUT2D eigenvalue weighted by atomic mass is 19.4. The largest absolute Gasteiger partial charge is 0.417 e. The number of aromatic nitrogens is 1. The first-order valence-corrected chi connectivity index (χ1v) is 6.16. The van der Waals surface area contributed by atoms with E-state index in [1.165, 1.54) is 0 Å². The molecule has 1 rings (SSSR count). The molecular formula is C13H17F3N2O. The first-order chi connectivity index (χ1) is 8.90. The number of ketones is 1. The zero-order valence-electron chi connectivity index (χ0n) is 11.0. The van der Waals surface area contributed by atoms with Gasteiger partial charge in [-0.25, -0.2) is 0 Å². The Balaban J connectivity index is 2.83. The van der Waals surface area contributed by atoms with Gasteiger partial charge in [-0.3, -0.25) is 9.78 Å². The van der Waals surface area contributed by atoms with Crippen LogP contribution in [0.15, 0.2) is 18.5 Å². The molecule has 1 aromatic heterocycles. The fourth-order valence-corrected chi connectivity index (χ4v) is 1.80. The molecule has 1 aromatic rings. The summed E-state index contributed by atoms with van der Waals surface area (Å²) in [6.45, 7) is 5.88. The molecule has 19 heavy (non-hydrogen) atoms. The molecule has 0 radical (unpaired) electrons. The van der Waals surface area contributed by atoms with Crippen molar-refractivity contribution in [2.75, 3.05) is 19.6 Å². The number of hydrogen-bond acceptors (Lipinski definition) is 3. The molecule has 0 saturated carbocycles. The predicted octanol–water partition coefficient (Wildman–Crippen LogP) is 3.02. The molecule has 0 aliphatic heterocycles. The molecule has 0 unspecified atom stereocenters. The Morgan fingerprint density at radius 3 is 2.47 bits per heavy atom. The topological polar surface area (TPSA) is 33.2 Å². The molecule has 0 fully saturated rings. The lowest BCUT2D eigenvalue weighted by molar-refractivity contribution is -0.138. The van der Waals surface area contributed by atoms with Crippen LogP contribution < -0.4 is 0 Å². The van der Waals surface area contributed by atoms with Crippen LogP contribution >= 0.6 is 0 Å². The van der Waals surface area contributed by atoms with Crippen LogP contribution in [0.5, 0.6) is 0 Å². The predicted molar refractivity (Wildman–Crippen MR) is 66.0 cm³/mol. The lowest BCUT2D eigenvalue weighted by Crippen LogP contribution is -2.26. The Morgan fingerprint density at radius 1 is 1.32 bits per heavy atom. The van der Waals surface area contributed by atoms with Crippen molar-refractivity contribution in [3.8, 4) is 0 Å². The normalized spacial score (nSPS) is 11.9. The van der Waals surface area contributed by atoms with Crippen molar-refractivity contribution in [2.24, 2.45) is 0 Å². The molecule has 0 aliphatic carbocycles. The van der Waals surface area contributed by atoms with Gasteiger partial charge in [-0.1, -0.05) is 13.8 Å². The average molecular weight is 274 g/mol. The number of carbonyl (C=O) groups is 1. The van der Waals surface area contributed by atoms with E-state index >= 15 is 0 Å². The molecule has 0 atom stereocenters. The molecule has 0 bridgehead atoms. The summed E-state index contributed by atoms with van der Waals surface area (Å²) in [6, 6.07) is 0.838. The van der Waals surface area contributed by atoms with Crippen LogP contribution in [0.2, 0.25) is 0 Å². The Hall–Kier alpha value is -1.43. The second-order valence-corrected chi connectivity index (χ2v) is 4.12. The molecule has 0 aliphatic rings. The summed E-state index contributed by atoms with van der Waals surface area (Å²) in [5, 5.41) is 0. The van der Waals surface area contributed by atoms with Crippen LogP contribution in [0.25, 0.3) is 0 Å². The Labute approximate surface area is 110 Å². The van der Waals surface area contributed by atoms with Crippen molar-refractivity contribution in [2.45, 2.75) is 26.4 Å². The summed E-state index contributed by atoms with van der Waals surface area (Å²) < 4.78 is 38.2. The van der Waals surface area contributed by atoms with Gasteiger partial charge in [-0.15, -0.1) is 0 Å². The lowest BCUT2D eigenvalue weighted by atomic mass is 10.0. The van der Waals surface area contributed by atoms with Gasteiger partial charge in [-0.05, 0) is 19.2 Å². The standard InChI is InChI=1S/C13H17F3N2O/c1-3-18(4-2)8-6-12(19)10-9-17-7-5-11(10)13(14,15)16/h5,7,9H,3-4,6,8H2,1-2H3. The number of carbonyl (C=O) groups excluding carboxylic acids is 1. The van der Waals surface area contributed by atoms with E-state index in [9.17, 15) is 18.0 Å². The van der Waals surface area contributed by atoms with Gasteiger partial charge >= 0.3 is 6.18 Å².